The van der Waals surface area contributed by atoms with Crippen molar-refractivity contribution < 1.29 is 19.4 Å². The number of carbonyl (C=O) groups excluding carboxylic acids is 1. The number of hydrogen-bond donors (Lipinski definition) is 1. The predicted molar refractivity (Wildman–Crippen MR) is 73.1 cm³/mol. The Morgan fingerprint density at radius 3 is 2.61 bits per heavy atom. The molecule has 0 bridgehead atoms. The number of hydrogen-bond acceptors (Lipinski definition) is 4. The van der Waals surface area contributed by atoms with Crippen molar-refractivity contribution in [3.8, 4) is 11.5 Å². The van der Waals surface area contributed by atoms with E-state index in [1.807, 2.05) is 0 Å². The van der Waals surface area contributed by atoms with Gasteiger partial charge in [-0.2, -0.15) is 0 Å². The van der Waals surface area contributed by atoms with Crippen molar-refractivity contribution in [1.29, 1.82) is 0 Å². The first-order valence-electron chi connectivity index (χ1n) is 5.90. The van der Waals surface area contributed by atoms with Crippen LogP contribution in [0.5, 0.6) is 11.5 Å². The molecule has 0 saturated heterocycles. The van der Waals surface area contributed by atoms with Crippen molar-refractivity contribution >= 4 is 14.4 Å². The van der Waals surface area contributed by atoms with Crippen LogP contribution in [0.25, 0.3) is 0 Å². The van der Waals surface area contributed by atoms with Crippen molar-refractivity contribution in [1.82, 2.24) is 0 Å². The van der Waals surface area contributed by atoms with Gasteiger partial charge in [-0.25, -0.2) is 0 Å². The molecule has 0 aromatic heterocycles. The number of benzene rings is 1. The van der Waals surface area contributed by atoms with Gasteiger partial charge in [-0.1, -0.05) is 19.6 Å². The Morgan fingerprint density at radius 2 is 2.00 bits per heavy atom. The Kier molecular flexibility index (Phi) is 5.37. The number of aromatic hydroxyl groups is 1. The van der Waals surface area contributed by atoms with Gasteiger partial charge in [0.1, 0.15) is 17.8 Å². The van der Waals surface area contributed by atoms with Gasteiger partial charge in [0.25, 0.3) is 0 Å². The van der Waals surface area contributed by atoms with E-state index in [2.05, 4.69) is 19.6 Å². The van der Waals surface area contributed by atoms with Gasteiger partial charge in [-0.15, -0.1) is 0 Å². The van der Waals surface area contributed by atoms with Gasteiger partial charge in [0.05, 0.1) is 0 Å². The van der Waals surface area contributed by atoms with Crippen LogP contribution < -0.4 is 4.74 Å². The lowest BCUT2D eigenvalue weighted by Crippen LogP contribution is -2.22. The second kappa shape index (κ2) is 6.56. The zero-order valence-electron chi connectivity index (χ0n) is 11.1. The minimum Gasteiger partial charge on any atom is -0.508 e. The molecule has 1 aromatic carbocycles. The number of aldehydes is 1. The third kappa shape index (κ3) is 5.84. The highest BCUT2D eigenvalue weighted by Crippen LogP contribution is 2.20. The molecule has 0 unspecified atom stereocenters. The average molecular weight is 268 g/mol. The smallest absolute Gasteiger partial charge is 0.189 e. The van der Waals surface area contributed by atoms with E-state index in [4.69, 9.17) is 9.47 Å². The third-order valence-corrected chi connectivity index (χ3v) is 4.06. The van der Waals surface area contributed by atoms with E-state index >= 15 is 0 Å². The van der Waals surface area contributed by atoms with Gasteiger partial charge in [0, 0.05) is 26.3 Å². The maximum absolute atomic E-state index is 10.6. The van der Waals surface area contributed by atoms with Gasteiger partial charge in [-0.3, -0.25) is 4.79 Å². The largest absolute Gasteiger partial charge is 0.508 e. The summed E-state index contributed by atoms with van der Waals surface area (Å²) in [4.78, 5) is 10.6. The predicted octanol–water partition coefficient (Wildman–Crippen LogP) is 2.90. The molecule has 0 heterocycles. The topological polar surface area (TPSA) is 55.8 Å². The van der Waals surface area contributed by atoms with Crippen molar-refractivity contribution in [3.63, 3.8) is 0 Å². The molecule has 1 rings (SSSR count). The Morgan fingerprint density at radius 1 is 1.28 bits per heavy atom. The Hall–Kier alpha value is -1.33. The summed E-state index contributed by atoms with van der Waals surface area (Å²) in [7, 11) is -1.08. The van der Waals surface area contributed by atoms with Crippen LogP contribution in [0.1, 0.15) is 10.4 Å². The maximum Gasteiger partial charge on any atom is 0.189 e. The minimum atomic E-state index is -1.08. The number of rotatable bonds is 7. The molecule has 100 valence electrons. The highest BCUT2D eigenvalue weighted by Gasteiger charge is 2.11. The zero-order valence-corrected chi connectivity index (χ0v) is 12.1. The number of phenols is 1. The molecule has 4 nitrogen and oxygen atoms in total. The first-order valence-corrected chi connectivity index (χ1v) is 9.61. The molecule has 1 aromatic rings. The lowest BCUT2D eigenvalue weighted by Gasteiger charge is -2.15. The average Bonchev–Trinajstić information content (AvgIpc) is 2.26. The van der Waals surface area contributed by atoms with Crippen LogP contribution in [-0.2, 0) is 4.74 Å². The normalized spacial score (nSPS) is 11.3. The standard InChI is InChI=1S/C13H20O4Si/c1-18(2,3)5-4-16-10-17-13-7-11(9-14)6-12(15)8-13/h6-9,15H,4-5,10H2,1-3H3. The summed E-state index contributed by atoms with van der Waals surface area (Å²) in [6, 6.07) is 5.48. The van der Waals surface area contributed by atoms with Crippen molar-refractivity contribution in [2.75, 3.05) is 13.4 Å². The van der Waals surface area contributed by atoms with Crippen LogP contribution in [0, 0.1) is 0 Å². The summed E-state index contributed by atoms with van der Waals surface area (Å²) in [5, 5.41) is 9.36. The SMILES string of the molecule is C[Si](C)(C)CCOCOc1cc(O)cc(C=O)c1. The van der Waals surface area contributed by atoms with E-state index < -0.39 is 8.07 Å². The van der Waals surface area contributed by atoms with Crippen LogP contribution in [0.2, 0.25) is 25.7 Å². The van der Waals surface area contributed by atoms with Crippen LogP contribution in [0.4, 0.5) is 0 Å². The van der Waals surface area contributed by atoms with Crippen LogP contribution >= 0.6 is 0 Å². The number of carbonyl (C=O) groups is 1. The third-order valence-electron chi connectivity index (χ3n) is 2.36. The summed E-state index contributed by atoms with van der Waals surface area (Å²) in [5.74, 6) is 0.446. The van der Waals surface area contributed by atoms with Gasteiger partial charge >= 0.3 is 0 Å². The Bertz CT molecular complexity index is 398. The van der Waals surface area contributed by atoms with E-state index in [1.54, 1.807) is 6.07 Å². The van der Waals surface area contributed by atoms with Crippen molar-refractivity contribution in [2.24, 2.45) is 0 Å². The van der Waals surface area contributed by atoms with E-state index in [0.717, 1.165) is 6.04 Å². The van der Waals surface area contributed by atoms with Crippen LogP contribution in [0.3, 0.4) is 0 Å². The second-order valence-electron chi connectivity index (χ2n) is 5.36. The molecule has 0 fully saturated rings. The summed E-state index contributed by atoms with van der Waals surface area (Å²) < 4.78 is 10.7. The molecule has 0 aliphatic carbocycles. The highest BCUT2D eigenvalue weighted by atomic mass is 28.3. The monoisotopic (exact) mass is 268 g/mol. The Labute approximate surface area is 109 Å². The minimum absolute atomic E-state index is 0.0108. The lowest BCUT2D eigenvalue weighted by molar-refractivity contribution is 0.0219. The number of phenolic OH excluding ortho intramolecular Hbond substituents is 1. The fraction of sp³-hybridized carbons (Fsp3) is 0.462. The quantitative estimate of drug-likeness (QED) is 0.357. The summed E-state index contributed by atoms with van der Waals surface area (Å²) >= 11 is 0. The molecule has 5 heteroatoms. The van der Waals surface area contributed by atoms with E-state index in [9.17, 15) is 9.90 Å². The molecule has 0 aliphatic rings. The summed E-state index contributed by atoms with van der Waals surface area (Å²) in [6.07, 6.45) is 0.665. The molecule has 0 atom stereocenters. The number of ether oxygens (including phenoxy) is 2. The maximum atomic E-state index is 10.6. The molecule has 0 radical (unpaired) electrons. The molecule has 0 amide bonds. The van der Waals surface area contributed by atoms with E-state index in [0.29, 0.717) is 24.2 Å². The van der Waals surface area contributed by atoms with Crippen molar-refractivity contribution in [3.05, 3.63) is 23.8 Å². The Balaban J connectivity index is 2.35. The van der Waals surface area contributed by atoms with Gasteiger partial charge in [0.15, 0.2) is 6.79 Å². The molecular weight excluding hydrogens is 248 g/mol. The molecule has 1 N–H and O–H groups in total. The first kappa shape index (κ1) is 14.7. The summed E-state index contributed by atoms with van der Waals surface area (Å²) in [6.45, 7) is 7.65. The van der Waals surface area contributed by atoms with Gasteiger partial charge in [0.2, 0.25) is 0 Å². The van der Waals surface area contributed by atoms with E-state index in [1.165, 1.54) is 12.1 Å². The molecule has 0 spiro atoms. The fourth-order valence-electron chi connectivity index (χ4n) is 1.30. The van der Waals surface area contributed by atoms with Crippen LogP contribution in [-0.4, -0.2) is 32.9 Å². The highest BCUT2D eigenvalue weighted by molar-refractivity contribution is 6.76. The second-order valence-corrected chi connectivity index (χ2v) is 11.0. The molecule has 18 heavy (non-hydrogen) atoms. The lowest BCUT2D eigenvalue weighted by atomic mass is 10.2. The summed E-state index contributed by atoms with van der Waals surface area (Å²) in [5.41, 5.74) is 0.382. The zero-order chi connectivity index (χ0) is 13.6. The van der Waals surface area contributed by atoms with Crippen molar-refractivity contribution in [2.45, 2.75) is 25.7 Å². The molecule has 0 saturated carbocycles. The molecule has 0 aliphatic heterocycles. The first-order chi connectivity index (χ1) is 8.40. The van der Waals surface area contributed by atoms with E-state index in [-0.39, 0.29) is 12.5 Å². The molecular formula is C13H20O4Si. The van der Waals surface area contributed by atoms with Gasteiger partial charge < -0.3 is 14.6 Å². The van der Waals surface area contributed by atoms with Gasteiger partial charge in [-0.05, 0) is 18.2 Å². The fourth-order valence-corrected chi connectivity index (χ4v) is 2.06. The van der Waals surface area contributed by atoms with Crippen LogP contribution in [0.15, 0.2) is 18.2 Å².